The number of nitrogens with one attached hydrogen (secondary N) is 1. The minimum Gasteiger partial charge on any atom is -0.476 e. The number of benzene rings is 2. The Morgan fingerprint density at radius 3 is 2.52 bits per heavy atom. The first-order chi connectivity index (χ1) is 13.0. The van der Waals surface area contributed by atoms with Crippen LogP contribution in [0, 0.1) is 0 Å². The van der Waals surface area contributed by atoms with E-state index in [-0.39, 0.29) is 18.4 Å². The number of hydrogen-bond acceptors (Lipinski definition) is 5. The average molecular weight is 368 g/mol. The number of para-hydroxylation sites is 2. The van der Waals surface area contributed by atoms with Crippen LogP contribution >= 0.6 is 0 Å². The Morgan fingerprint density at radius 2 is 1.85 bits per heavy atom. The lowest BCUT2D eigenvalue weighted by molar-refractivity contribution is -0.123. The highest BCUT2D eigenvalue weighted by molar-refractivity contribution is 5.99. The highest BCUT2D eigenvalue weighted by Crippen LogP contribution is 2.33. The number of carbonyl (C=O) groups is 3. The van der Waals surface area contributed by atoms with Gasteiger partial charge in [0.25, 0.3) is 5.91 Å². The first kappa shape index (κ1) is 18.4. The zero-order valence-electron chi connectivity index (χ0n) is 15.1. The predicted molar refractivity (Wildman–Crippen MR) is 99.9 cm³/mol. The molecule has 1 aliphatic heterocycles. The molecule has 0 fully saturated rings. The maximum Gasteiger partial charge on any atom is 0.338 e. The van der Waals surface area contributed by atoms with Crippen molar-refractivity contribution in [3.63, 3.8) is 0 Å². The lowest BCUT2D eigenvalue weighted by Crippen LogP contribution is -2.48. The van der Waals surface area contributed by atoms with Crippen molar-refractivity contribution in [1.82, 2.24) is 0 Å². The molecule has 1 atom stereocenters. The molecular weight excluding hydrogens is 348 g/mol. The van der Waals surface area contributed by atoms with E-state index in [4.69, 9.17) is 9.47 Å². The molecule has 7 heteroatoms. The summed E-state index contributed by atoms with van der Waals surface area (Å²) < 4.78 is 10.7. The van der Waals surface area contributed by atoms with Gasteiger partial charge in [0.2, 0.25) is 5.91 Å². The molecule has 0 saturated carbocycles. The van der Waals surface area contributed by atoms with E-state index < -0.39 is 12.1 Å². The maximum absolute atomic E-state index is 12.6. The zero-order valence-corrected chi connectivity index (χ0v) is 15.1. The summed E-state index contributed by atoms with van der Waals surface area (Å²) in [4.78, 5) is 37.7. The Morgan fingerprint density at radius 1 is 1.15 bits per heavy atom. The van der Waals surface area contributed by atoms with Crippen LogP contribution in [0.5, 0.6) is 5.75 Å². The van der Waals surface area contributed by atoms with Gasteiger partial charge in [-0.2, -0.15) is 0 Å². The van der Waals surface area contributed by atoms with Crippen LogP contribution in [0.2, 0.25) is 0 Å². The fraction of sp³-hybridized carbons (Fsp3) is 0.250. The Hall–Kier alpha value is -3.35. The number of fused-ring (bicyclic) bond motifs is 1. The van der Waals surface area contributed by atoms with Crippen LogP contribution in [-0.2, 0) is 14.3 Å². The van der Waals surface area contributed by atoms with Gasteiger partial charge in [-0.1, -0.05) is 12.1 Å². The smallest absolute Gasteiger partial charge is 0.338 e. The van der Waals surface area contributed by atoms with Crippen molar-refractivity contribution in [3.05, 3.63) is 54.1 Å². The van der Waals surface area contributed by atoms with Gasteiger partial charge in [-0.25, -0.2) is 4.79 Å². The molecule has 0 saturated heterocycles. The number of carbonyl (C=O) groups excluding carboxylic acids is 3. The molecule has 3 rings (SSSR count). The van der Waals surface area contributed by atoms with Crippen molar-refractivity contribution in [2.45, 2.75) is 20.0 Å². The molecule has 27 heavy (non-hydrogen) atoms. The minimum absolute atomic E-state index is 0.124. The van der Waals surface area contributed by atoms with E-state index in [1.807, 2.05) is 6.07 Å². The molecule has 7 nitrogen and oxygen atoms in total. The molecule has 0 radical (unpaired) electrons. The highest BCUT2D eigenvalue weighted by atomic mass is 16.5. The van der Waals surface area contributed by atoms with Crippen LogP contribution in [0.25, 0.3) is 0 Å². The summed E-state index contributed by atoms with van der Waals surface area (Å²) in [5.41, 5.74) is 1.57. The Balaban J connectivity index is 1.71. The number of rotatable bonds is 4. The number of nitrogens with zero attached hydrogens (tertiary/aromatic N) is 1. The summed E-state index contributed by atoms with van der Waals surface area (Å²) in [5.74, 6) is -0.474. The Bertz CT molecular complexity index is 863. The summed E-state index contributed by atoms with van der Waals surface area (Å²) in [7, 11) is 0. The second-order valence-corrected chi connectivity index (χ2v) is 5.99. The zero-order chi connectivity index (χ0) is 19.4. The van der Waals surface area contributed by atoms with E-state index in [9.17, 15) is 14.4 Å². The molecule has 0 bridgehead atoms. The van der Waals surface area contributed by atoms with Crippen LogP contribution in [0.15, 0.2) is 48.5 Å². The van der Waals surface area contributed by atoms with Crippen molar-refractivity contribution in [2.75, 3.05) is 23.4 Å². The number of esters is 1. The maximum atomic E-state index is 12.6. The van der Waals surface area contributed by atoms with Crippen molar-refractivity contribution >= 4 is 29.2 Å². The van der Waals surface area contributed by atoms with Gasteiger partial charge in [0.1, 0.15) is 5.75 Å². The number of amides is 2. The predicted octanol–water partition coefficient (Wildman–Crippen LogP) is 2.62. The van der Waals surface area contributed by atoms with Gasteiger partial charge in [0, 0.05) is 12.6 Å². The Labute approximate surface area is 156 Å². The van der Waals surface area contributed by atoms with Crippen LogP contribution in [0.4, 0.5) is 11.4 Å². The summed E-state index contributed by atoms with van der Waals surface area (Å²) in [5, 5.41) is 2.75. The van der Waals surface area contributed by atoms with Crippen LogP contribution in [0.1, 0.15) is 24.2 Å². The van der Waals surface area contributed by atoms with Gasteiger partial charge in [-0.05, 0) is 43.3 Å². The van der Waals surface area contributed by atoms with Crippen molar-refractivity contribution in [3.8, 4) is 5.75 Å². The molecule has 1 aliphatic rings. The first-order valence-corrected chi connectivity index (χ1v) is 8.61. The molecule has 0 aliphatic carbocycles. The van der Waals surface area contributed by atoms with Gasteiger partial charge in [0.15, 0.2) is 6.10 Å². The van der Waals surface area contributed by atoms with E-state index in [1.54, 1.807) is 49.4 Å². The van der Waals surface area contributed by atoms with Crippen LogP contribution in [-0.4, -0.2) is 37.0 Å². The summed E-state index contributed by atoms with van der Waals surface area (Å²) in [6.45, 7) is 3.61. The average Bonchev–Trinajstić information content (AvgIpc) is 2.67. The van der Waals surface area contributed by atoms with Crippen LogP contribution in [0.3, 0.4) is 0 Å². The van der Waals surface area contributed by atoms with E-state index in [0.29, 0.717) is 29.3 Å². The van der Waals surface area contributed by atoms with Gasteiger partial charge in [-0.3, -0.25) is 9.59 Å². The fourth-order valence-corrected chi connectivity index (χ4v) is 2.80. The van der Waals surface area contributed by atoms with Crippen molar-refractivity contribution in [2.24, 2.45) is 0 Å². The monoisotopic (exact) mass is 368 g/mol. The molecule has 0 spiro atoms. The molecule has 1 unspecified atom stereocenters. The van der Waals surface area contributed by atoms with Crippen molar-refractivity contribution in [1.29, 1.82) is 0 Å². The topological polar surface area (TPSA) is 84.9 Å². The normalized spacial score (nSPS) is 15.3. The third-order valence-corrected chi connectivity index (χ3v) is 4.11. The molecule has 0 aromatic heterocycles. The third kappa shape index (κ3) is 4.08. The quantitative estimate of drug-likeness (QED) is 0.839. The van der Waals surface area contributed by atoms with Gasteiger partial charge < -0.3 is 19.7 Å². The van der Waals surface area contributed by atoms with Crippen molar-refractivity contribution < 1.29 is 23.9 Å². The second-order valence-electron chi connectivity index (χ2n) is 5.99. The third-order valence-electron chi connectivity index (χ3n) is 4.11. The number of anilines is 2. The molecule has 1 heterocycles. The largest absolute Gasteiger partial charge is 0.476 e. The molecular formula is C20H20N2O5. The van der Waals surface area contributed by atoms with Gasteiger partial charge in [-0.15, -0.1) is 0 Å². The van der Waals surface area contributed by atoms with Crippen LogP contribution < -0.4 is 15.0 Å². The number of ether oxygens (including phenoxy) is 2. The van der Waals surface area contributed by atoms with Gasteiger partial charge in [0.05, 0.1) is 24.4 Å². The highest BCUT2D eigenvalue weighted by Gasteiger charge is 2.32. The molecule has 2 aromatic carbocycles. The minimum atomic E-state index is -0.839. The molecule has 140 valence electrons. The van der Waals surface area contributed by atoms with E-state index in [2.05, 4.69) is 5.32 Å². The lowest BCUT2D eigenvalue weighted by Gasteiger charge is -2.33. The van der Waals surface area contributed by atoms with E-state index in [0.717, 1.165) is 0 Å². The van der Waals surface area contributed by atoms with Gasteiger partial charge >= 0.3 is 5.97 Å². The molecule has 1 N–H and O–H groups in total. The summed E-state index contributed by atoms with van der Waals surface area (Å²) >= 11 is 0. The summed E-state index contributed by atoms with van der Waals surface area (Å²) in [6.07, 6.45) is -0.839. The molecule has 2 amide bonds. The second kappa shape index (κ2) is 7.90. The summed E-state index contributed by atoms with van der Waals surface area (Å²) in [6, 6.07) is 13.5. The van der Waals surface area contributed by atoms with E-state index in [1.165, 1.54) is 11.8 Å². The Kier molecular flexibility index (Phi) is 5.40. The SMILES string of the molecule is CCOC(=O)c1ccc(NC(=O)C2CN(C(C)=O)c3ccccc3O2)cc1. The standard InChI is InChI=1S/C20H20N2O5/c1-3-26-20(25)14-8-10-15(11-9-14)21-19(24)18-12-22(13(2)23)16-6-4-5-7-17(16)27-18/h4-11,18H,3,12H2,1-2H3,(H,21,24). The van der Waals surface area contributed by atoms with E-state index >= 15 is 0 Å². The first-order valence-electron chi connectivity index (χ1n) is 8.61. The molecule has 2 aromatic rings. The number of hydrogen-bond donors (Lipinski definition) is 1. The lowest BCUT2D eigenvalue weighted by atomic mass is 10.1. The fourth-order valence-electron chi connectivity index (χ4n) is 2.80.